The van der Waals surface area contributed by atoms with Crippen LogP contribution in [0.5, 0.6) is 5.75 Å². The fourth-order valence-corrected chi connectivity index (χ4v) is 4.46. The third-order valence-electron chi connectivity index (χ3n) is 6.12. The zero-order valence-electron chi connectivity index (χ0n) is 18.6. The van der Waals surface area contributed by atoms with Crippen LogP contribution in [-0.2, 0) is 11.3 Å². The number of hydrogen-bond acceptors (Lipinski definition) is 6. The number of ether oxygens (including phenoxy) is 1. The number of benzene rings is 1. The van der Waals surface area contributed by atoms with E-state index in [1.54, 1.807) is 30.1 Å². The molecule has 4 rings (SSSR count). The number of aryl methyl sites for hydroxylation is 1. The highest BCUT2D eigenvalue weighted by Gasteiger charge is 2.31. The van der Waals surface area contributed by atoms with Gasteiger partial charge in [-0.15, -0.1) is 0 Å². The first-order valence-corrected chi connectivity index (χ1v) is 11.0. The minimum absolute atomic E-state index is 0.0282. The number of hydrogen-bond donors (Lipinski definition) is 1. The van der Waals surface area contributed by atoms with Crippen LogP contribution in [0.3, 0.4) is 0 Å². The lowest BCUT2D eigenvalue weighted by molar-refractivity contribution is 0.183. The van der Waals surface area contributed by atoms with Crippen LogP contribution in [0.25, 0.3) is 0 Å². The lowest BCUT2D eigenvalue weighted by atomic mass is 9.97. The molecular formula is C25H30N4O3. The van der Waals surface area contributed by atoms with Gasteiger partial charge in [-0.1, -0.05) is 24.3 Å². The molecule has 1 aliphatic heterocycles. The van der Waals surface area contributed by atoms with E-state index in [2.05, 4.69) is 26.9 Å². The predicted octanol–water partition coefficient (Wildman–Crippen LogP) is 2.82. The van der Waals surface area contributed by atoms with Crippen LogP contribution in [0.1, 0.15) is 22.9 Å². The Morgan fingerprint density at radius 3 is 2.50 bits per heavy atom. The van der Waals surface area contributed by atoms with Gasteiger partial charge in [0.15, 0.2) is 0 Å². The lowest BCUT2D eigenvalue weighted by Gasteiger charge is -2.40. The average Bonchev–Trinajstić information content (AvgIpc) is 2.83. The molecular weight excluding hydrogens is 404 g/mol. The van der Waals surface area contributed by atoms with Crippen LogP contribution in [0.15, 0.2) is 65.7 Å². The molecule has 7 nitrogen and oxygen atoms in total. The second kappa shape index (κ2) is 9.97. The molecule has 0 radical (unpaired) electrons. The molecule has 0 bridgehead atoms. The average molecular weight is 435 g/mol. The fraction of sp³-hybridized carbons (Fsp3) is 0.360. The summed E-state index contributed by atoms with van der Waals surface area (Å²) < 4.78 is 6.88. The number of rotatable bonds is 7. The molecule has 0 aliphatic carbocycles. The summed E-state index contributed by atoms with van der Waals surface area (Å²) in [5.41, 5.74) is 3.03. The molecule has 1 fully saturated rings. The summed E-state index contributed by atoms with van der Waals surface area (Å²) in [4.78, 5) is 22.5. The van der Waals surface area contributed by atoms with Crippen LogP contribution in [0.2, 0.25) is 0 Å². The maximum atomic E-state index is 13.5. The van der Waals surface area contributed by atoms with Gasteiger partial charge in [-0.3, -0.25) is 14.7 Å². The Bertz CT molecular complexity index is 1080. The molecule has 0 amide bonds. The zero-order valence-corrected chi connectivity index (χ0v) is 18.6. The highest BCUT2D eigenvalue weighted by molar-refractivity contribution is 5.47. The van der Waals surface area contributed by atoms with E-state index in [1.165, 1.54) is 5.69 Å². The van der Waals surface area contributed by atoms with Gasteiger partial charge in [-0.05, 0) is 36.8 Å². The lowest BCUT2D eigenvalue weighted by Crippen LogP contribution is -2.49. The van der Waals surface area contributed by atoms with E-state index in [1.807, 2.05) is 37.3 Å². The van der Waals surface area contributed by atoms with Crippen molar-refractivity contribution in [1.29, 1.82) is 0 Å². The largest absolute Gasteiger partial charge is 0.507 e. The second-order valence-electron chi connectivity index (χ2n) is 8.08. The van der Waals surface area contributed by atoms with Crippen molar-refractivity contribution in [2.24, 2.45) is 0 Å². The summed E-state index contributed by atoms with van der Waals surface area (Å²) in [5.74, 6) is 0.0282. The Morgan fingerprint density at radius 2 is 1.84 bits per heavy atom. The number of para-hydroxylation sites is 1. The van der Waals surface area contributed by atoms with Crippen molar-refractivity contribution in [3.63, 3.8) is 0 Å². The summed E-state index contributed by atoms with van der Waals surface area (Å²) in [5, 5.41) is 10.9. The van der Waals surface area contributed by atoms with Crippen molar-refractivity contribution in [1.82, 2.24) is 14.5 Å². The quantitative estimate of drug-likeness (QED) is 0.617. The van der Waals surface area contributed by atoms with Gasteiger partial charge in [0, 0.05) is 63.6 Å². The molecule has 0 saturated carbocycles. The number of aromatic nitrogens is 2. The molecule has 3 aromatic rings. The van der Waals surface area contributed by atoms with Gasteiger partial charge in [0.25, 0.3) is 5.56 Å². The number of aromatic hydroxyl groups is 1. The van der Waals surface area contributed by atoms with Gasteiger partial charge in [-0.25, -0.2) is 0 Å². The van der Waals surface area contributed by atoms with Gasteiger partial charge >= 0.3 is 0 Å². The van der Waals surface area contributed by atoms with E-state index >= 15 is 0 Å². The minimum Gasteiger partial charge on any atom is -0.507 e. The van der Waals surface area contributed by atoms with Gasteiger partial charge < -0.3 is 19.3 Å². The normalized spacial score (nSPS) is 15.6. The molecule has 3 heterocycles. The zero-order chi connectivity index (χ0) is 22.5. The van der Waals surface area contributed by atoms with Gasteiger partial charge in [0.2, 0.25) is 0 Å². The van der Waals surface area contributed by atoms with Crippen LogP contribution in [0.4, 0.5) is 5.69 Å². The summed E-state index contributed by atoms with van der Waals surface area (Å²) >= 11 is 0. The third kappa shape index (κ3) is 4.54. The van der Waals surface area contributed by atoms with E-state index in [0.717, 1.165) is 31.7 Å². The fourth-order valence-electron chi connectivity index (χ4n) is 4.46. The van der Waals surface area contributed by atoms with Crippen molar-refractivity contribution in [3.8, 4) is 5.75 Å². The minimum atomic E-state index is -0.372. The Balaban J connectivity index is 1.70. The molecule has 7 heteroatoms. The van der Waals surface area contributed by atoms with E-state index < -0.39 is 0 Å². The Morgan fingerprint density at radius 1 is 1.09 bits per heavy atom. The highest BCUT2D eigenvalue weighted by Crippen LogP contribution is 2.33. The van der Waals surface area contributed by atoms with Crippen molar-refractivity contribution in [2.45, 2.75) is 19.5 Å². The molecule has 1 N–H and O–H groups in total. The smallest absolute Gasteiger partial charge is 0.259 e. The van der Waals surface area contributed by atoms with Crippen molar-refractivity contribution in [2.75, 3.05) is 44.8 Å². The first-order valence-electron chi connectivity index (χ1n) is 11.0. The molecule has 1 saturated heterocycles. The van der Waals surface area contributed by atoms with Gasteiger partial charge in [0.1, 0.15) is 5.75 Å². The Kier molecular flexibility index (Phi) is 6.87. The first kappa shape index (κ1) is 22.0. The first-order chi connectivity index (χ1) is 15.6. The van der Waals surface area contributed by atoms with Crippen LogP contribution in [0, 0.1) is 6.92 Å². The maximum absolute atomic E-state index is 13.5. The summed E-state index contributed by atoms with van der Waals surface area (Å²) in [6.07, 6.45) is 3.51. The molecule has 32 heavy (non-hydrogen) atoms. The standard InChI is InChI=1S/C25H30N4O3/c1-19-17-22(30)23(25(31)29(19)15-16-32-2)24(20-7-6-10-26-18-20)28-13-11-27(12-14-28)21-8-4-3-5-9-21/h3-10,17-18,24,30H,11-16H2,1-2H3/t24-/m1/s1. The van der Waals surface area contributed by atoms with Crippen molar-refractivity contribution >= 4 is 5.69 Å². The molecule has 0 unspecified atom stereocenters. The number of piperazine rings is 1. The van der Waals surface area contributed by atoms with Crippen LogP contribution >= 0.6 is 0 Å². The molecule has 1 atom stereocenters. The summed E-state index contributed by atoms with van der Waals surface area (Å²) in [6, 6.07) is 15.5. The van der Waals surface area contributed by atoms with E-state index in [9.17, 15) is 9.90 Å². The molecule has 168 valence electrons. The maximum Gasteiger partial charge on any atom is 0.259 e. The Labute approximate surface area is 188 Å². The van der Waals surface area contributed by atoms with E-state index in [0.29, 0.717) is 24.4 Å². The molecule has 1 aliphatic rings. The second-order valence-corrected chi connectivity index (χ2v) is 8.08. The third-order valence-corrected chi connectivity index (χ3v) is 6.12. The number of pyridine rings is 2. The van der Waals surface area contributed by atoms with Crippen molar-refractivity contribution in [3.05, 3.63) is 88.1 Å². The SMILES string of the molecule is COCCn1c(C)cc(O)c([C@@H](c2cccnc2)N2CCN(c3ccccc3)CC2)c1=O. The van der Waals surface area contributed by atoms with E-state index in [-0.39, 0.29) is 17.4 Å². The van der Waals surface area contributed by atoms with Crippen LogP contribution < -0.4 is 10.5 Å². The highest BCUT2D eigenvalue weighted by atomic mass is 16.5. The molecule has 1 aromatic carbocycles. The molecule has 2 aromatic heterocycles. The number of nitrogens with zero attached hydrogens (tertiary/aromatic N) is 4. The Hall–Kier alpha value is -3.16. The van der Waals surface area contributed by atoms with Crippen molar-refractivity contribution < 1.29 is 9.84 Å². The van der Waals surface area contributed by atoms with Crippen LogP contribution in [-0.4, -0.2) is 59.5 Å². The number of anilines is 1. The monoisotopic (exact) mass is 434 g/mol. The number of methoxy groups -OCH3 is 1. The summed E-state index contributed by atoms with van der Waals surface area (Å²) in [7, 11) is 1.62. The topological polar surface area (TPSA) is 70.8 Å². The van der Waals surface area contributed by atoms with Gasteiger partial charge in [-0.2, -0.15) is 0 Å². The van der Waals surface area contributed by atoms with Gasteiger partial charge in [0.05, 0.1) is 18.2 Å². The predicted molar refractivity (Wildman–Crippen MR) is 125 cm³/mol. The summed E-state index contributed by atoms with van der Waals surface area (Å²) in [6.45, 7) is 5.90. The van der Waals surface area contributed by atoms with E-state index in [4.69, 9.17) is 4.74 Å². The molecule has 0 spiro atoms.